The van der Waals surface area contributed by atoms with E-state index in [1.807, 2.05) is 0 Å². The van der Waals surface area contributed by atoms with Gasteiger partial charge in [-0.25, -0.2) is 33.8 Å². The van der Waals surface area contributed by atoms with Gasteiger partial charge in [0.15, 0.2) is 0 Å². The first-order valence-electron chi connectivity index (χ1n) is 15.2. The van der Waals surface area contributed by atoms with Gasteiger partial charge in [0.2, 0.25) is 5.91 Å². The zero-order chi connectivity index (χ0) is 29.6. The van der Waals surface area contributed by atoms with Crippen LogP contribution in [0.5, 0.6) is 0 Å². The summed E-state index contributed by atoms with van der Waals surface area (Å²) in [4.78, 5) is 65.9. The minimum Gasteiger partial charge on any atom is -0.459 e. The van der Waals surface area contributed by atoms with Gasteiger partial charge in [0.25, 0.3) is 0 Å². The Morgan fingerprint density at radius 3 is 2.55 bits per heavy atom. The molecule has 4 atom stereocenters. The first-order valence-corrected chi connectivity index (χ1v) is 15.2. The molecule has 0 radical (unpaired) electrons. The number of hydrogen-bond acceptors (Lipinski definition) is 9. The number of carbonyl (C=O) groups excluding carboxylic acids is 3. The van der Waals surface area contributed by atoms with Gasteiger partial charge in [0.05, 0.1) is 24.7 Å². The molecule has 1 aromatic heterocycles. The average molecular weight is 589 g/mol. The number of ether oxygens (including phenoxy) is 2. The highest BCUT2D eigenvalue weighted by molar-refractivity contribution is 5.83. The molecule has 2 aliphatic carbocycles. The van der Waals surface area contributed by atoms with Crippen molar-refractivity contribution in [3.63, 3.8) is 0 Å². The van der Waals surface area contributed by atoms with E-state index in [2.05, 4.69) is 16.3 Å². The maximum Gasteiger partial charge on any atom is 0.407 e. The van der Waals surface area contributed by atoms with Crippen molar-refractivity contribution in [3.05, 3.63) is 32.6 Å². The van der Waals surface area contributed by atoms with Crippen molar-refractivity contribution < 1.29 is 29.1 Å². The van der Waals surface area contributed by atoms with Gasteiger partial charge in [-0.1, -0.05) is 25.3 Å². The maximum absolute atomic E-state index is 13.5. The van der Waals surface area contributed by atoms with E-state index in [1.54, 1.807) is 14.8 Å². The quantitative estimate of drug-likeness (QED) is 0.118. The minimum atomic E-state index is -0.742. The number of fused-ring (bicyclic) bond motifs is 6. The number of amides is 2. The number of esters is 1. The number of allylic oxidation sites excluding steroid dienone is 1. The van der Waals surface area contributed by atoms with Crippen LogP contribution in [0, 0.1) is 5.92 Å². The topological polar surface area (TPSA) is 166 Å². The van der Waals surface area contributed by atoms with E-state index in [-0.39, 0.29) is 48.9 Å². The number of morpholine rings is 1. The van der Waals surface area contributed by atoms with Crippen LogP contribution in [0.15, 0.2) is 21.2 Å². The predicted octanol–water partition coefficient (Wildman–Crippen LogP) is 0.885. The molecule has 5 aliphatic rings. The summed E-state index contributed by atoms with van der Waals surface area (Å²) < 4.78 is 15.9. The van der Waals surface area contributed by atoms with Crippen LogP contribution in [-0.4, -0.2) is 79.4 Å². The van der Waals surface area contributed by atoms with Gasteiger partial charge in [-0.3, -0.25) is 19.7 Å². The van der Waals surface area contributed by atoms with Crippen LogP contribution in [0.1, 0.15) is 82.7 Å². The molecule has 0 aromatic carbocycles. The molecule has 14 nitrogen and oxygen atoms in total. The predicted molar refractivity (Wildman–Crippen MR) is 147 cm³/mol. The molecule has 2 saturated heterocycles. The minimum absolute atomic E-state index is 0.0186. The third-order valence-corrected chi connectivity index (χ3v) is 9.76. The third-order valence-electron chi connectivity index (χ3n) is 9.76. The van der Waals surface area contributed by atoms with Crippen molar-refractivity contribution in [2.24, 2.45) is 13.0 Å². The Morgan fingerprint density at radius 2 is 1.83 bits per heavy atom. The summed E-state index contributed by atoms with van der Waals surface area (Å²) >= 11 is 0. The Balaban J connectivity index is 1.17. The van der Waals surface area contributed by atoms with Gasteiger partial charge in [-0.05, 0) is 50.0 Å². The monoisotopic (exact) mass is 588 g/mol. The summed E-state index contributed by atoms with van der Waals surface area (Å²) in [6, 6.07) is -0.980. The Kier molecular flexibility index (Phi) is 7.77. The molecule has 2 saturated carbocycles. The molecule has 0 unspecified atom stereocenters. The Hall–Kier alpha value is -3.39. The molecule has 4 fully saturated rings. The number of hydroxylamine groups is 1. The number of alkyl carbamates (subject to hydrolysis) is 1. The van der Waals surface area contributed by atoms with Crippen LogP contribution < -0.4 is 22.2 Å². The molecule has 6 rings (SSSR count). The summed E-state index contributed by atoms with van der Waals surface area (Å²) in [6.07, 6.45) is 8.62. The van der Waals surface area contributed by atoms with Crippen LogP contribution >= 0.6 is 0 Å². The summed E-state index contributed by atoms with van der Waals surface area (Å²) in [5.74, 6) is -0.372. The molecule has 230 valence electrons. The molecule has 4 heterocycles. The first kappa shape index (κ1) is 28.7. The number of carbonyl (C=O) groups is 3. The molecule has 3 N–H and O–H groups in total. The molecule has 1 aromatic rings. The summed E-state index contributed by atoms with van der Waals surface area (Å²) in [7, 11) is 1.51. The van der Waals surface area contributed by atoms with Crippen molar-refractivity contribution in [3.8, 4) is 0 Å². The number of aromatic nitrogens is 3. The van der Waals surface area contributed by atoms with E-state index < -0.39 is 29.7 Å². The van der Waals surface area contributed by atoms with Crippen LogP contribution in [0.4, 0.5) is 4.79 Å². The zero-order valence-electron chi connectivity index (χ0n) is 24.0. The lowest BCUT2D eigenvalue weighted by Crippen LogP contribution is -2.65. The average Bonchev–Trinajstić information content (AvgIpc) is 3.50. The van der Waals surface area contributed by atoms with E-state index >= 15 is 0 Å². The molecule has 42 heavy (non-hydrogen) atoms. The van der Waals surface area contributed by atoms with Crippen LogP contribution in [0.25, 0.3) is 0 Å². The van der Waals surface area contributed by atoms with Crippen LogP contribution in [-0.2, 0) is 26.1 Å². The fourth-order valence-corrected chi connectivity index (χ4v) is 7.51. The van der Waals surface area contributed by atoms with Crippen molar-refractivity contribution in [1.29, 1.82) is 0 Å². The van der Waals surface area contributed by atoms with Crippen molar-refractivity contribution in [2.75, 3.05) is 19.7 Å². The largest absolute Gasteiger partial charge is 0.459 e. The van der Waals surface area contributed by atoms with Gasteiger partial charge in [0.1, 0.15) is 11.6 Å². The number of unbranched alkanes of at least 4 members (excludes halogenated alkanes) is 2. The fraction of sp³-hybridized carbons (Fsp3) is 0.750. The lowest BCUT2D eigenvalue weighted by atomic mass is 9.87. The summed E-state index contributed by atoms with van der Waals surface area (Å²) in [5.41, 5.74) is 1.20. The highest BCUT2D eigenvalue weighted by atomic mass is 16.6. The second-order valence-electron chi connectivity index (χ2n) is 12.3. The highest BCUT2D eigenvalue weighted by Gasteiger charge is 2.62. The standard InChI is InChI=1S/C28H40N6O8/c1-31-26(38)33-19(17-8-9-17)15-18-16-32-23(22(18)34(33)27(31)39)20(42-24(36)28(32)11-4-5-12-28)10-14-41-25(37)29-13-6-2-3-7-21(35)30-40/h15,17,19-20,22-23,40H,2-14,16H2,1H3,(H,29,37)(H,30,35)/t19-,20-,22+,23-/m0/s1. The number of nitrogens with one attached hydrogen (secondary N) is 2. The molecule has 1 spiro atoms. The van der Waals surface area contributed by atoms with Gasteiger partial charge in [-0.15, -0.1) is 0 Å². The normalized spacial score (nSPS) is 27.6. The number of cyclic esters (lactones) is 1. The third kappa shape index (κ3) is 4.87. The lowest BCUT2D eigenvalue weighted by molar-refractivity contribution is -0.187. The van der Waals surface area contributed by atoms with Gasteiger partial charge in [0, 0.05) is 33.0 Å². The van der Waals surface area contributed by atoms with Gasteiger partial charge in [-0.2, -0.15) is 0 Å². The van der Waals surface area contributed by atoms with Crippen LogP contribution in [0.2, 0.25) is 0 Å². The van der Waals surface area contributed by atoms with E-state index in [0.29, 0.717) is 51.1 Å². The second kappa shape index (κ2) is 11.4. The molecule has 3 aliphatic heterocycles. The molecule has 0 bridgehead atoms. The van der Waals surface area contributed by atoms with Crippen molar-refractivity contribution in [2.45, 2.75) is 100 Å². The molecular formula is C28H40N6O8. The maximum atomic E-state index is 13.5. The smallest absolute Gasteiger partial charge is 0.407 e. The molecule has 2 amide bonds. The SMILES string of the molecule is Cn1c(=O)n2n(c1=O)[C@H](C1CC1)C=C1CN3[C@@H]([C@H](CCOC(=O)NCCCCCC(=O)NO)OC(=O)C34CCCC4)[C@@H]12. The van der Waals surface area contributed by atoms with E-state index in [1.165, 1.54) is 11.6 Å². The Labute approximate surface area is 242 Å². The van der Waals surface area contributed by atoms with E-state index in [9.17, 15) is 24.0 Å². The molecular weight excluding hydrogens is 548 g/mol. The lowest BCUT2D eigenvalue weighted by Gasteiger charge is -2.48. The van der Waals surface area contributed by atoms with Crippen molar-refractivity contribution >= 4 is 18.0 Å². The highest BCUT2D eigenvalue weighted by Crippen LogP contribution is 2.52. The van der Waals surface area contributed by atoms with Crippen molar-refractivity contribution in [1.82, 2.24) is 29.6 Å². The molecule has 14 heteroatoms. The van der Waals surface area contributed by atoms with Gasteiger partial charge < -0.3 is 14.8 Å². The van der Waals surface area contributed by atoms with E-state index in [4.69, 9.17) is 14.7 Å². The number of rotatable bonds is 10. The van der Waals surface area contributed by atoms with E-state index in [0.717, 1.165) is 31.3 Å². The zero-order valence-corrected chi connectivity index (χ0v) is 24.0. The second-order valence-corrected chi connectivity index (χ2v) is 12.3. The number of nitrogens with zero attached hydrogens (tertiary/aromatic N) is 4. The van der Waals surface area contributed by atoms with Gasteiger partial charge >= 0.3 is 23.4 Å². The fourth-order valence-electron chi connectivity index (χ4n) is 7.51. The summed E-state index contributed by atoms with van der Waals surface area (Å²) in [6.45, 7) is 0.940. The Morgan fingerprint density at radius 1 is 1.10 bits per heavy atom. The Bertz CT molecular complexity index is 1380. The van der Waals surface area contributed by atoms with Crippen LogP contribution in [0.3, 0.4) is 0 Å². The number of hydrogen-bond donors (Lipinski definition) is 3. The first-order chi connectivity index (χ1) is 20.3. The summed E-state index contributed by atoms with van der Waals surface area (Å²) in [5, 5.41) is 11.2.